The van der Waals surface area contributed by atoms with Gasteiger partial charge in [0, 0.05) is 29.3 Å². The van der Waals surface area contributed by atoms with Crippen LogP contribution in [-0.4, -0.2) is 37.8 Å². The monoisotopic (exact) mass is 519 g/mol. The molecule has 2 aliphatic carbocycles. The molecular formula is C31H34FNO5. The van der Waals surface area contributed by atoms with Crippen LogP contribution in [0.15, 0.2) is 58.7 Å². The minimum atomic E-state index is -0.839. The number of ketones is 1. The molecule has 1 saturated carbocycles. The van der Waals surface area contributed by atoms with Gasteiger partial charge in [0.05, 0.1) is 14.2 Å². The van der Waals surface area contributed by atoms with E-state index < -0.39 is 23.6 Å². The summed E-state index contributed by atoms with van der Waals surface area (Å²) in [5, 5.41) is 0. The van der Waals surface area contributed by atoms with Crippen LogP contribution in [0.2, 0.25) is 0 Å². The minimum absolute atomic E-state index is 0.119. The molecule has 0 radical (unpaired) electrons. The van der Waals surface area contributed by atoms with E-state index in [-0.39, 0.29) is 24.2 Å². The quantitative estimate of drug-likeness (QED) is 0.419. The Morgan fingerprint density at radius 1 is 0.974 bits per heavy atom. The van der Waals surface area contributed by atoms with Crippen molar-refractivity contribution in [2.24, 2.45) is 10.9 Å². The van der Waals surface area contributed by atoms with E-state index in [1.54, 1.807) is 39.3 Å². The van der Waals surface area contributed by atoms with Crippen LogP contribution in [0.5, 0.6) is 11.5 Å². The van der Waals surface area contributed by atoms with Gasteiger partial charge < -0.3 is 14.2 Å². The van der Waals surface area contributed by atoms with Gasteiger partial charge in [-0.2, -0.15) is 0 Å². The number of allylic oxidation sites excluding steroid dienone is 2. The second kappa shape index (κ2) is 11.1. The SMILES string of the molecule is COc1ccc([C@H]2CC(=O)C3=C(C2)N=C(C)C(C(=O)OC2CCCCC2)[C@@H]3c2ccccc2F)cc1OC. The molecule has 2 aromatic rings. The van der Waals surface area contributed by atoms with Gasteiger partial charge in [-0.1, -0.05) is 30.7 Å². The predicted octanol–water partition coefficient (Wildman–Crippen LogP) is 6.29. The number of aliphatic imine (C=N–C) groups is 1. The average molecular weight is 520 g/mol. The maximum absolute atomic E-state index is 15.2. The molecule has 38 heavy (non-hydrogen) atoms. The first-order valence-electron chi connectivity index (χ1n) is 13.4. The van der Waals surface area contributed by atoms with Crippen molar-refractivity contribution in [1.82, 2.24) is 0 Å². The van der Waals surface area contributed by atoms with E-state index in [1.165, 1.54) is 6.07 Å². The van der Waals surface area contributed by atoms with Crippen LogP contribution < -0.4 is 9.47 Å². The van der Waals surface area contributed by atoms with Gasteiger partial charge in [-0.15, -0.1) is 0 Å². The maximum atomic E-state index is 15.2. The summed E-state index contributed by atoms with van der Waals surface area (Å²) in [5.74, 6) is -1.50. The summed E-state index contributed by atoms with van der Waals surface area (Å²) in [6.07, 6.45) is 5.45. The van der Waals surface area contributed by atoms with Crippen LogP contribution in [0.3, 0.4) is 0 Å². The fourth-order valence-corrected chi connectivity index (χ4v) is 6.19. The number of carbonyl (C=O) groups excluding carboxylic acids is 2. The Labute approximate surface area is 222 Å². The number of Topliss-reactive ketones (excluding diaryl/α,β-unsaturated/α-hetero) is 1. The molecule has 1 heterocycles. The number of nitrogens with zero attached hydrogens (tertiary/aromatic N) is 1. The van der Waals surface area contributed by atoms with Crippen LogP contribution in [0.25, 0.3) is 0 Å². The third-order valence-corrected chi connectivity index (χ3v) is 8.10. The van der Waals surface area contributed by atoms with Crippen LogP contribution in [0, 0.1) is 11.7 Å². The normalized spacial score (nSPS) is 23.9. The highest BCUT2D eigenvalue weighted by atomic mass is 19.1. The summed E-state index contributed by atoms with van der Waals surface area (Å²) in [6.45, 7) is 1.79. The molecular weight excluding hydrogens is 485 g/mol. The summed E-state index contributed by atoms with van der Waals surface area (Å²) in [5.41, 5.74) is 2.88. The number of halogens is 1. The minimum Gasteiger partial charge on any atom is -0.493 e. The average Bonchev–Trinajstić information content (AvgIpc) is 2.92. The second-order valence-corrected chi connectivity index (χ2v) is 10.4. The molecule has 3 aliphatic rings. The van der Waals surface area contributed by atoms with Crippen LogP contribution >= 0.6 is 0 Å². The van der Waals surface area contributed by atoms with Crippen molar-refractivity contribution in [3.63, 3.8) is 0 Å². The molecule has 6 nitrogen and oxygen atoms in total. The summed E-state index contributed by atoms with van der Waals surface area (Å²) in [6, 6.07) is 12.0. The van der Waals surface area contributed by atoms with E-state index in [1.807, 2.05) is 18.2 Å². The summed E-state index contributed by atoms with van der Waals surface area (Å²) < 4.78 is 32.0. The van der Waals surface area contributed by atoms with E-state index in [0.29, 0.717) is 40.5 Å². The molecule has 2 aromatic carbocycles. The van der Waals surface area contributed by atoms with Gasteiger partial charge in [-0.25, -0.2) is 4.39 Å². The lowest BCUT2D eigenvalue weighted by Crippen LogP contribution is -2.39. The van der Waals surface area contributed by atoms with Crippen LogP contribution in [-0.2, 0) is 14.3 Å². The topological polar surface area (TPSA) is 74.2 Å². The van der Waals surface area contributed by atoms with Crippen molar-refractivity contribution in [2.45, 2.75) is 69.8 Å². The zero-order valence-corrected chi connectivity index (χ0v) is 22.2. The van der Waals surface area contributed by atoms with Gasteiger partial charge in [0.15, 0.2) is 17.3 Å². The molecule has 1 fully saturated rings. The van der Waals surface area contributed by atoms with Gasteiger partial charge in [0.1, 0.15) is 17.8 Å². The smallest absolute Gasteiger partial charge is 0.315 e. The number of benzene rings is 2. The Morgan fingerprint density at radius 3 is 2.42 bits per heavy atom. The van der Waals surface area contributed by atoms with Gasteiger partial charge in [-0.05, 0) is 74.3 Å². The van der Waals surface area contributed by atoms with Crippen LogP contribution in [0.4, 0.5) is 4.39 Å². The highest BCUT2D eigenvalue weighted by molar-refractivity contribution is 6.09. The first kappa shape index (κ1) is 26.1. The molecule has 0 N–H and O–H groups in total. The predicted molar refractivity (Wildman–Crippen MR) is 142 cm³/mol. The highest BCUT2D eigenvalue weighted by Crippen LogP contribution is 2.48. The van der Waals surface area contributed by atoms with Crippen molar-refractivity contribution in [2.75, 3.05) is 14.2 Å². The molecule has 3 atom stereocenters. The van der Waals surface area contributed by atoms with E-state index >= 15 is 4.39 Å². The van der Waals surface area contributed by atoms with Crippen molar-refractivity contribution in [3.05, 3.63) is 70.7 Å². The lowest BCUT2D eigenvalue weighted by atomic mass is 9.69. The number of ether oxygens (including phenoxy) is 3. The summed E-state index contributed by atoms with van der Waals surface area (Å²) in [4.78, 5) is 32.2. The molecule has 200 valence electrons. The second-order valence-electron chi connectivity index (χ2n) is 10.4. The molecule has 0 amide bonds. The zero-order valence-electron chi connectivity index (χ0n) is 22.2. The number of hydrogen-bond acceptors (Lipinski definition) is 6. The Bertz CT molecular complexity index is 1290. The van der Waals surface area contributed by atoms with E-state index in [9.17, 15) is 9.59 Å². The third kappa shape index (κ3) is 4.98. The zero-order chi connectivity index (χ0) is 26.8. The first-order chi connectivity index (χ1) is 18.4. The molecule has 1 aliphatic heterocycles. The first-order valence-corrected chi connectivity index (χ1v) is 13.4. The Hall–Kier alpha value is -3.48. The van der Waals surface area contributed by atoms with Gasteiger partial charge in [0.25, 0.3) is 0 Å². The molecule has 0 aromatic heterocycles. The molecule has 0 bridgehead atoms. The number of carbonyl (C=O) groups is 2. The van der Waals surface area contributed by atoms with E-state index in [0.717, 1.165) is 37.7 Å². The standard InChI is InChI=1S/C31H34FNO5/c1-18-28(31(35)38-21-9-5-4-6-10-21)29(22-11-7-8-12-23(22)32)30-24(33-18)15-20(16-25(30)34)19-13-14-26(36-2)27(17-19)37-3/h7-8,11-14,17,20-21,28-29H,4-6,9-10,15-16H2,1-3H3/t20-,28?,29+/m1/s1. The van der Waals surface area contributed by atoms with Crippen molar-refractivity contribution in [3.8, 4) is 11.5 Å². The Balaban J connectivity index is 1.52. The summed E-state index contributed by atoms with van der Waals surface area (Å²) >= 11 is 0. The lowest BCUT2D eigenvalue weighted by molar-refractivity contribution is -0.153. The molecule has 5 rings (SSSR count). The van der Waals surface area contributed by atoms with Crippen LogP contribution in [0.1, 0.15) is 74.8 Å². The van der Waals surface area contributed by atoms with E-state index in [4.69, 9.17) is 19.2 Å². The summed E-state index contributed by atoms with van der Waals surface area (Å²) in [7, 11) is 3.16. The number of esters is 1. The third-order valence-electron chi connectivity index (χ3n) is 8.10. The number of rotatable bonds is 6. The molecule has 0 saturated heterocycles. The highest BCUT2D eigenvalue weighted by Gasteiger charge is 2.46. The fraction of sp³-hybridized carbons (Fsp3) is 0.452. The van der Waals surface area contributed by atoms with Crippen molar-refractivity contribution in [1.29, 1.82) is 0 Å². The van der Waals surface area contributed by atoms with Crippen molar-refractivity contribution < 1.29 is 28.2 Å². The Kier molecular flexibility index (Phi) is 7.63. The largest absolute Gasteiger partial charge is 0.493 e. The maximum Gasteiger partial charge on any atom is 0.315 e. The molecule has 7 heteroatoms. The van der Waals surface area contributed by atoms with E-state index in [2.05, 4.69) is 0 Å². The van der Waals surface area contributed by atoms with Gasteiger partial charge in [0.2, 0.25) is 0 Å². The van der Waals surface area contributed by atoms with Gasteiger partial charge in [-0.3, -0.25) is 14.6 Å². The molecule has 1 unspecified atom stereocenters. The number of methoxy groups -OCH3 is 2. The number of hydrogen-bond donors (Lipinski definition) is 0. The lowest BCUT2D eigenvalue weighted by Gasteiger charge is -2.37. The van der Waals surface area contributed by atoms with Gasteiger partial charge >= 0.3 is 5.97 Å². The Morgan fingerprint density at radius 2 is 1.71 bits per heavy atom. The fourth-order valence-electron chi connectivity index (χ4n) is 6.19. The van der Waals surface area contributed by atoms with Crippen molar-refractivity contribution >= 4 is 17.5 Å². The molecule has 0 spiro atoms.